The second-order valence-corrected chi connectivity index (χ2v) is 2.40. The normalized spacial score (nSPS) is 11.2. The highest BCUT2D eigenvalue weighted by Crippen LogP contribution is 2.06. The van der Waals surface area contributed by atoms with E-state index in [1.165, 1.54) is 0 Å². The van der Waals surface area contributed by atoms with Gasteiger partial charge in [-0.25, -0.2) is 0 Å². The van der Waals surface area contributed by atoms with Crippen LogP contribution in [0.15, 0.2) is 24.3 Å². The van der Waals surface area contributed by atoms with Crippen molar-refractivity contribution in [3.8, 4) is 0 Å². The van der Waals surface area contributed by atoms with E-state index in [1.807, 2.05) is 0 Å². The molecule has 0 aliphatic carbocycles. The maximum Gasteiger partial charge on any atom is 0.244 e. The van der Waals surface area contributed by atoms with Gasteiger partial charge in [0.25, 0.3) is 0 Å². The Bertz CT molecular complexity index is 170. The maximum absolute atomic E-state index is 10.7. The van der Waals surface area contributed by atoms with E-state index in [1.54, 1.807) is 12.2 Å². The molecule has 0 aromatic carbocycles. The van der Waals surface area contributed by atoms with Crippen LogP contribution in [0.5, 0.6) is 0 Å². The van der Waals surface area contributed by atoms with E-state index < -0.39 is 0 Å². The molecule has 0 aliphatic heterocycles. The molecule has 0 aromatic rings. The summed E-state index contributed by atoms with van der Waals surface area (Å²) in [6.45, 7) is 5.58. The summed E-state index contributed by atoms with van der Waals surface area (Å²) in [5.41, 5.74) is 5.78. The van der Waals surface area contributed by atoms with Gasteiger partial charge in [0.05, 0.1) is 0 Å². The van der Waals surface area contributed by atoms with Crippen molar-refractivity contribution in [2.45, 2.75) is 26.2 Å². The zero-order valence-electron chi connectivity index (χ0n) is 6.97. The van der Waals surface area contributed by atoms with Gasteiger partial charge in [0.1, 0.15) is 0 Å². The first-order chi connectivity index (χ1) is 5.22. The molecule has 0 saturated heterocycles. The average Bonchev–Trinajstić information content (AvgIpc) is 1.97. The van der Waals surface area contributed by atoms with E-state index in [0.29, 0.717) is 5.57 Å². The van der Waals surface area contributed by atoms with Crippen LogP contribution in [-0.2, 0) is 4.79 Å². The summed E-state index contributed by atoms with van der Waals surface area (Å²) in [5.74, 6) is -0.335. The fourth-order valence-corrected chi connectivity index (χ4v) is 0.798. The summed E-state index contributed by atoms with van der Waals surface area (Å²) in [6.07, 6.45) is 6.11. The van der Waals surface area contributed by atoms with Crippen molar-refractivity contribution in [3.05, 3.63) is 24.3 Å². The van der Waals surface area contributed by atoms with E-state index in [9.17, 15) is 4.79 Å². The molecule has 0 radical (unpaired) electrons. The zero-order valence-corrected chi connectivity index (χ0v) is 6.97. The molecule has 0 atom stereocenters. The van der Waals surface area contributed by atoms with Crippen LogP contribution in [0.25, 0.3) is 0 Å². The van der Waals surface area contributed by atoms with Gasteiger partial charge in [-0.3, -0.25) is 4.79 Å². The van der Waals surface area contributed by atoms with Crippen LogP contribution in [-0.4, -0.2) is 5.91 Å². The minimum atomic E-state index is -0.335. The highest BCUT2D eigenvalue weighted by Gasteiger charge is 2.01. The Hall–Kier alpha value is -1.05. The van der Waals surface area contributed by atoms with Gasteiger partial charge in [-0.05, 0) is 12.8 Å². The number of allylic oxidation sites excluding steroid dienone is 2. The largest absolute Gasteiger partial charge is 0.366 e. The summed E-state index contributed by atoms with van der Waals surface area (Å²) in [7, 11) is 0. The molecule has 0 spiro atoms. The number of unbranched alkanes of at least 4 members (excludes halogenated alkanes) is 1. The minimum absolute atomic E-state index is 0.335. The van der Waals surface area contributed by atoms with Gasteiger partial charge < -0.3 is 5.73 Å². The molecule has 0 saturated carbocycles. The third-order valence-electron chi connectivity index (χ3n) is 1.44. The summed E-state index contributed by atoms with van der Waals surface area (Å²) in [5, 5.41) is 0. The Morgan fingerprint density at radius 3 is 2.64 bits per heavy atom. The first-order valence-electron chi connectivity index (χ1n) is 3.83. The molecule has 0 bridgehead atoms. The van der Waals surface area contributed by atoms with Crippen molar-refractivity contribution in [3.63, 3.8) is 0 Å². The number of rotatable bonds is 5. The smallest absolute Gasteiger partial charge is 0.244 e. The Kier molecular flexibility index (Phi) is 5.17. The van der Waals surface area contributed by atoms with Crippen LogP contribution >= 0.6 is 0 Å². The van der Waals surface area contributed by atoms with E-state index in [4.69, 9.17) is 5.73 Å². The SMILES string of the molecule is C=CC=C(CCCC)C(N)=O. The highest BCUT2D eigenvalue weighted by atomic mass is 16.1. The molecule has 0 rings (SSSR count). The van der Waals surface area contributed by atoms with Crippen LogP contribution in [0.4, 0.5) is 0 Å². The summed E-state index contributed by atoms with van der Waals surface area (Å²) >= 11 is 0. The van der Waals surface area contributed by atoms with Crippen molar-refractivity contribution < 1.29 is 4.79 Å². The molecule has 1 amide bonds. The standard InChI is InChI=1S/C9H15NO/c1-3-5-7-8(6-4-2)9(10)11/h4,6H,2-3,5,7H2,1H3,(H2,10,11). The molecule has 2 heteroatoms. The fourth-order valence-electron chi connectivity index (χ4n) is 0.798. The quantitative estimate of drug-likeness (QED) is 0.474. The average molecular weight is 153 g/mol. The predicted octanol–water partition coefficient (Wildman–Crippen LogP) is 1.77. The molecular weight excluding hydrogens is 138 g/mol. The van der Waals surface area contributed by atoms with Gasteiger partial charge in [-0.2, -0.15) is 0 Å². The van der Waals surface area contributed by atoms with E-state index >= 15 is 0 Å². The molecule has 0 aromatic heterocycles. The second-order valence-electron chi connectivity index (χ2n) is 2.40. The van der Waals surface area contributed by atoms with E-state index in [0.717, 1.165) is 19.3 Å². The second kappa shape index (κ2) is 5.71. The molecule has 0 aliphatic rings. The first kappa shape index (κ1) is 9.95. The lowest BCUT2D eigenvalue weighted by molar-refractivity contribution is -0.114. The number of nitrogens with two attached hydrogens (primary N) is 1. The van der Waals surface area contributed by atoms with Crippen LogP contribution in [0.3, 0.4) is 0 Å². The monoisotopic (exact) mass is 153 g/mol. The van der Waals surface area contributed by atoms with Crippen molar-refractivity contribution in [2.75, 3.05) is 0 Å². The summed E-state index contributed by atoms with van der Waals surface area (Å²) in [6, 6.07) is 0. The molecule has 0 heterocycles. The van der Waals surface area contributed by atoms with Crippen molar-refractivity contribution in [2.24, 2.45) is 5.73 Å². The lowest BCUT2D eigenvalue weighted by Gasteiger charge is -1.99. The molecule has 0 unspecified atom stereocenters. The van der Waals surface area contributed by atoms with Crippen molar-refractivity contribution >= 4 is 5.91 Å². The molecule has 11 heavy (non-hydrogen) atoms. The van der Waals surface area contributed by atoms with E-state index in [2.05, 4.69) is 13.5 Å². The lowest BCUT2D eigenvalue weighted by Crippen LogP contribution is -2.13. The van der Waals surface area contributed by atoms with Crippen LogP contribution in [0, 0.1) is 0 Å². The Labute approximate surface area is 67.8 Å². The van der Waals surface area contributed by atoms with Crippen LogP contribution in [0.2, 0.25) is 0 Å². The molecule has 2 N–H and O–H groups in total. The van der Waals surface area contributed by atoms with Gasteiger partial charge in [0.15, 0.2) is 0 Å². The van der Waals surface area contributed by atoms with Crippen molar-refractivity contribution in [1.82, 2.24) is 0 Å². The number of amides is 1. The number of hydrogen-bond acceptors (Lipinski definition) is 1. The molecule has 62 valence electrons. The zero-order chi connectivity index (χ0) is 8.69. The van der Waals surface area contributed by atoms with Gasteiger partial charge in [-0.15, -0.1) is 0 Å². The number of hydrogen-bond donors (Lipinski definition) is 1. The predicted molar refractivity (Wildman–Crippen MR) is 47.0 cm³/mol. The number of carbonyl (C=O) groups is 1. The lowest BCUT2D eigenvalue weighted by atomic mass is 10.1. The minimum Gasteiger partial charge on any atom is -0.366 e. The summed E-state index contributed by atoms with van der Waals surface area (Å²) in [4.78, 5) is 10.7. The topological polar surface area (TPSA) is 43.1 Å². The third kappa shape index (κ3) is 4.37. The van der Waals surface area contributed by atoms with Crippen molar-refractivity contribution in [1.29, 1.82) is 0 Å². The number of carbonyl (C=O) groups excluding carboxylic acids is 1. The van der Waals surface area contributed by atoms with Gasteiger partial charge in [-0.1, -0.05) is 32.1 Å². The molecular formula is C9H15NO. The Morgan fingerprint density at radius 1 is 1.64 bits per heavy atom. The molecule has 0 fully saturated rings. The highest BCUT2D eigenvalue weighted by molar-refractivity contribution is 5.92. The fraction of sp³-hybridized carbons (Fsp3) is 0.444. The van der Waals surface area contributed by atoms with Crippen LogP contribution < -0.4 is 5.73 Å². The Morgan fingerprint density at radius 2 is 2.27 bits per heavy atom. The van der Waals surface area contributed by atoms with Gasteiger partial charge in [0.2, 0.25) is 5.91 Å². The molecule has 2 nitrogen and oxygen atoms in total. The van der Waals surface area contributed by atoms with Gasteiger partial charge in [0, 0.05) is 5.57 Å². The van der Waals surface area contributed by atoms with Gasteiger partial charge >= 0.3 is 0 Å². The van der Waals surface area contributed by atoms with Crippen LogP contribution in [0.1, 0.15) is 26.2 Å². The number of primary amides is 1. The Balaban J connectivity index is 4.00. The first-order valence-corrected chi connectivity index (χ1v) is 3.83. The third-order valence-corrected chi connectivity index (χ3v) is 1.44. The summed E-state index contributed by atoms with van der Waals surface area (Å²) < 4.78 is 0. The maximum atomic E-state index is 10.7. The van der Waals surface area contributed by atoms with E-state index in [-0.39, 0.29) is 5.91 Å².